The second-order valence-electron chi connectivity index (χ2n) is 6.45. The molecule has 0 saturated carbocycles. The third-order valence-corrected chi connectivity index (χ3v) is 4.26. The number of likely N-dealkylation sites (N-methyl/N-ethyl adjacent to an activating group) is 1. The molecule has 3 rings (SSSR count). The molecule has 4 heteroatoms. The molecule has 0 bridgehead atoms. The molecule has 0 saturated heterocycles. The van der Waals surface area contributed by atoms with Gasteiger partial charge in [0.2, 0.25) is 0 Å². The zero-order valence-corrected chi connectivity index (χ0v) is 12.8. The summed E-state index contributed by atoms with van der Waals surface area (Å²) in [6.45, 7) is 5.13. The Kier molecular flexibility index (Phi) is 2.87. The Bertz CT molecular complexity index is 768. The lowest BCUT2D eigenvalue weighted by molar-refractivity contribution is -0.130. The fourth-order valence-corrected chi connectivity index (χ4v) is 3.58. The number of carboxylic acid groups (broad SMARTS) is 1. The minimum atomic E-state index is -0.883. The van der Waals surface area contributed by atoms with Gasteiger partial charge in [-0.15, -0.1) is 0 Å². The van der Waals surface area contributed by atoms with Crippen LogP contribution in [0.2, 0.25) is 0 Å². The minimum absolute atomic E-state index is 0.126. The summed E-state index contributed by atoms with van der Waals surface area (Å²) >= 11 is 0. The van der Waals surface area contributed by atoms with E-state index >= 15 is 0 Å². The lowest BCUT2D eigenvalue weighted by Crippen LogP contribution is -2.30. The van der Waals surface area contributed by atoms with Gasteiger partial charge in [0.25, 0.3) is 0 Å². The second-order valence-corrected chi connectivity index (χ2v) is 6.45. The zero-order valence-electron chi connectivity index (χ0n) is 12.8. The Balaban J connectivity index is 2.47. The number of fused-ring (bicyclic) bond motifs is 3. The molecule has 21 heavy (non-hydrogen) atoms. The molecule has 110 valence electrons. The van der Waals surface area contributed by atoms with Gasteiger partial charge < -0.3 is 14.6 Å². The number of para-hydroxylation sites is 1. The molecule has 0 radical (unpaired) electrons. The third-order valence-electron chi connectivity index (χ3n) is 4.26. The first kappa shape index (κ1) is 13.7. The van der Waals surface area contributed by atoms with Crippen molar-refractivity contribution in [3.63, 3.8) is 0 Å². The first-order valence-corrected chi connectivity index (χ1v) is 7.06. The predicted molar refractivity (Wildman–Crippen MR) is 84.2 cm³/mol. The van der Waals surface area contributed by atoms with Crippen molar-refractivity contribution < 1.29 is 9.90 Å². The van der Waals surface area contributed by atoms with Crippen LogP contribution >= 0.6 is 0 Å². The van der Waals surface area contributed by atoms with E-state index in [2.05, 4.69) is 19.9 Å². The molecule has 1 aliphatic heterocycles. The van der Waals surface area contributed by atoms with E-state index in [1.54, 1.807) is 6.20 Å². The smallest absolute Gasteiger partial charge is 0.339 e. The second kappa shape index (κ2) is 4.38. The highest BCUT2D eigenvalue weighted by atomic mass is 16.4. The number of aryl methyl sites for hydroxylation is 1. The molecule has 0 atom stereocenters. The number of aromatic nitrogens is 1. The first-order valence-electron chi connectivity index (χ1n) is 7.06. The van der Waals surface area contributed by atoms with E-state index in [0.29, 0.717) is 5.57 Å². The molecule has 2 aromatic rings. The van der Waals surface area contributed by atoms with E-state index in [1.165, 1.54) is 0 Å². The maximum atomic E-state index is 11.7. The van der Waals surface area contributed by atoms with Crippen LogP contribution in [0.15, 0.2) is 30.5 Å². The number of aliphatic carboxylic acids is 1. The Morgan fingerprint density at radius 2 is 1.90 bits per heavy atom. The Morgan fingerprint density at radius 3 is 2.57 bits per heavy atom. The Hall–Kier alpha value is -2.23. The number of rotatable bonds is 1. The number of benzene rings is 1. The molecule has 0 aliphatic carbocycles. The topological polar surface area (TPSA) is 45.5 Å². The monoisotopic (exact) mass is 284 g/mol. The van der Waals surface area contributed by atoms with Crippen LogP contribution < -0.4 is 0 Å². The van der Waals surface area contributed by atoms with Crippen LogP contribution in [0.5, 0.6) is 0 Å². The highest BCUT2D eigenvalue weighted by Crippen LogP contribution is 2.41. The molecule has 2 heterocycles. The van der Waals surface area contributed by atoms with Gasteiger partial charge in [-0.25, -0.2) is 4.79 Å². The Labute approximate surface area is 124 Å². The SMILES string of the molecule is CN1C=C(C(=O)O)c2c(c3ccccc3n2C)C(C)(C)C1. The van der Waals surface area contributed by atoms with E-state index in [0.717, 1.165) is 28.7 Å². The quantitative estimate of drug-likeness (QED) is 0.876. The molecule has 1 N–H and O–H groups in total. The van der Waals surface area contributed by atoms with E-state index in [9.17, 15) is 9.90 Å². The van der Waals surface area contributed by atoms with Gasteiger partial charge in [0, 0.05) is 43.2 Å². The maximum Gasteiger partial charge on any atom is 0.339 e. The molecule has 0 spiro atoms. The minimum Gasteiger partial charge on any atom is -0.478 e. The van der Waals surface area contributed by atoms with Gasteiger partial charge in [-0.2, -0.15) is 0 Å². The van der Waals surface area contributed by atoms with Crippen molar-refractivity contribution in [3.05, 3.63) is 41.7 Å². The van der Waals surface area contributed by atoms with Crippen LogP contribution in [-0.2, 0) is 17.3 Å². The van der Waals surface area contributed by atoms with Crippen molar-refractivity contribution in [2.45, 2.75) is 19.3 Å². The van der Waals surface area contributed by atoms with Gasteiger partial charge in [0.15, 0.2) is 0 Å². The average molecular weight is 284 g/mol. The van der Waals surface area contributed by atoms with Crippen molar-refractivity contribution in [2.75, 3.05) is 13.6 Å². The van der Waals surface area contributed by atoms with Gasteiger partial charge in [-0.3, -0.25) is 0 Å². The Morgan fingerprint density at radius 1 is 1.24 bits per heavy atom. The summed E-state index contributed by atoms with van der Waals surface area (Å²) in [6, 6.07) is 8.13. The van der Waals surface area contributed by atoms with Crippen LogP contribution in [0.3, 0.4) is 0 Å². The maximum absolute atomic E-state index is 11.7. The first-order chi connectivity index (χ1) is 9.83. The van der Waals surface area contributed by atoms with Crippen LogP contribution in [0, 0.1) is 0 Å². The molecule has 4 nitrogen and oxygen atoms in total. The van der Waals surface area contributed by atoms with Crippen molar-refractivity contribution in [1.29, 1.82) is 0 Å². The van der Waals surface area contributed by atoms with Gasteiger partial charge in [0.1, 0.15) is 0 Å². The number of nitrogens with zero attached hydrogens (tertiary/aromatic N) is 2. The molecule has 1 aromatic heterocycles. The average Bonchev–Trinajstić information content (AvgIpc) is 2.63. The number of carboxylic acids is 1. The molecular weight excluding hydrogens is 264 g/mol. The molecule has 1 aromatic carbocycles. The summed E-state index contributed by atoms with van der Waals surface area (Å²) in [6.07, 6.45) is 1.74. The normalized spacial score (nSPS) is 17.3. The van der Waals surface area contributed by atoms with Gasteiger partial charge in [-0.05, 0) is 11.6 Å². The van der Waals surface area contributed by atoms with Gasteiger partial charge in [0.05, 0.1) is 11.3 Å². The van der Waals surface area contributed by atoms with E-state index < -0.39 is 5.97 Å². The van der Waals surface area contributed by atoms with E-state index in [4.69, 9.17) is 0 Å². The molecule has 0 fully saturated rings. The highest BCUT2D eigenvalue weighted by Gasteiger charge is 2.35. The highest BCUT2D eigenvalue weighted by molar-refractivity contribution is 6.17. The lowest BCUT2D eigenvalue weighted by Gasteiger charge is -2.28. The van der Waals surface area contributed by atoms with Crippen LogP contribution in [-0.4, -0.2) is 34.1 Å². The summed E-state index contributed by atoms with van der Waals surface area (Å²) in [5.41, 5.74) is 3.25. The van der Waals surface area contributed by atoms with Crippen molar-refractivity contribution >= 4 is 22.4 Å². The largest absolute Gasteiger partial charge is 0.478 e. The summed E-state index contributed by atoms with van der Waals surface area (Å²) in [5, 5.41) is 10.8. The number of hydrogen-bond donors (Lipinski definition) is 1. The van der Waals surface area contributed by atoms with Crippen LogP contribution in [0.1, 0.15) is 25.1 Å². The van der Waals surface area contributed by atoms with Crippen LogP contribution in [0.25, 0.3) is 16.5 Å². The standard InChI is InChI=1S/C17H20N2O2/c1-17(2)10-18(3)9-12(16(20)21)15-14(17)11-7-5-6-8-13(11)19(15)4/h5-9H,10H2,1-4H3,(H,20,21). The summed E-state index contributed by atoms with van der Waals surface area (Å²) < 4.78 is 2.01. The molecule has 1 aliphatic rings. The fourth-order valence-electron chi connectivity index (χ4n) is 3.58. The summed E-state index contributed by atoms with van der Waals surface area (Å²) in [4.78, 5) is 13.7. The van der Waals surface area contributed by atoms with Crippen LogP contribution in [0.4, 0.5) is 0 Å². The number of hydrogen-bond acceptors (Lipinski definition) is 2. The lowest BCUT2D eigenvalue weighted by atomic mass is 9.82. The van der Waals surface area contributed by atoms with Crippen molar-refractivity contribution in [3.8, 4) is 0 Å². The molecule has 0 unspecified atom stereocenters. The summed E-state index contributed by atoms with van der Waals surface area (Å²) in [5.74, 6) is -0.883. The third kappa shape index (κ3) is 1.94. The fraction of sp³-hybridized carbons (Fsp3) is 0.353. The van der Waals surface area contributed by atoms with E-state index in [-0.39, 0.29) is 5.41 Å². The summed E-state index contributed by atoms with van der Waals surface area (Å²) in [7, 11) is 3.87. The van der Waals surface area contributed by atoms with Gasteiger partial charge in [-0.1, -0.05) is 32.0 Å². The van der Waals surface area contributed by atoms with Gasteiger partial charge >= 0.3 is 5.97 Å². The predicted octanol–water partition coefficient (Wildman–Crippen LogP) is 2.83. The molecule has 0 amide bonds. The molecular formula is C17H20N2O2. The number of carbonyl (C=O) groups is 1. The van der Waals surface area contributed by atoms with E-state index in [1.807, 2.05) is 41.8 Å². The van der Waals surface area contributed by atoms with Crippen molar-refractivity contribution in [1.82, 2.24) is 9.47 Å². The van der Waals surface area contributed by atoms with Crippen molar-refractivity contribution in [2.24, 2.45) is 7.05 Å². The zero-order chi connectivity index (χ0) is 15.4.